The quantitative estimate of drug-likeness (QED) is 0.574. The Morgan fingerprint density at radius 3 is 2.67 bits per heavy atom. The van der Waals surface area contributed by atoms with Crippen molar-refractivity contribution in [2.24, 2.45) is 0 Å². The van der Waals surface area contributed by atoms with Gasteiger partial charge in [0.15, 0.2) is 6.20 Å². The maximum atomic E-state index is 10.4. The van der Waals surface area contributed by atoms with E-state index in [1.165, 1.54) is 4.80 Å². The van der Waals surface area contributed by atoms with Gasteiger partial charge in [-0.05, 0) is 30.6 Å². The molecule has 1 aromatic rings. The average Bonchev–Trinajstić information content (AvgIpc) is 2.68. The van der Waals surface area contributed by atoms with Gasteiger partial charge >= 0.3 is 5.82 Å². The first-order valence-corrected chi connectivity index (χ1v) is 4.91. The maximum Gasteiger partial charge on any atom is 0.410 e. The molecule has 82 valence electrons. The standard InChI is InChI=1S/C8H12N4O3/c13-7-3-1-6(2-4-7)11-9-5-8(10-11)12(14)15/h5-7,13H,1-4H2. The van der Waals surface area contributed by atoms with Crippen LogP contribution < -0.4 is 0 Å². The summed E-state index contributed by atoms with van der Waals surface area (Å²) in [5.41, 5.74) is 0. The molecule has 1 saturated carbocycles. The smallest absolute Gasteiger partial charge is 0.393 e. The summed E-state index contributed by atoms with van der Waals surface area (Å²) >= 11 is 0. The summed E-state index contributed by atoms with van der Waals surface area (Å²) in [4.78, 5) is 11.2. The fourth-order valence-electron chi connectivity index (χ4n) is 1.82. The Morgan fingerprint density at radius 1 is 1.47 bits per heavy atom. The first-order chi connectivity index (χ1) is 7.16. The fraction of sp³-hybridized carbons (Fsp3) is 0.750. The lowest BCUT2D eigenvalue weighted by Crippen LogP contribution is -2.22. The molecule has 0 aromatic carbocycles. The first-order valence-electron chi connectivity index (χ1n) is 4.91. The highest BCUT2D eigenvalue weighted by atomic mass is 16.6. The Morgan fingerprint density at radius 2 is 2.13 bits per heavy atom. The largest absolute Gasteiger partial charge is 0.410 e. The highest BCUT2D eigenvalue weighted by molar-refractivity contribution is 5.08. The number of nitro groups is 1. The predicted octanol–water partition coefficient (Wildman–Crippen LogP) is 0.662. The van der Waals surface area contributed by atoms with Crippen LogP contribution in [-0.2, 0) is 0 Å². The van der Waals surface area contributed by atoms with Crippen LogP contribution in [0, 0.1) is 10.1 Å². The number of aromatic nitrogens is 3. The van der Waals surface area contributed by atoms with Crippen molar-refractivity contribution < 1.29 is 10.0 Å². The minimum Gasteiger partial charge on any atom is -0.393 e. The van der Waals surface area contributed by atoms with Crippen molar-refractivity contribution >= 4 is 5.82 Å². The van der Waals surface area contributed by atoms with E-state index in [2.05, 4.69) is 10.2 Å². The van der Waals surface area contributed by atoms with Crippen molar-refractivity contribution in [3.8, 4) is 0 Å². The molecule has 1 N–H and O–H groups in total. The molecule has 2 rings (SSSR count). The number of rotatable bonds is 2. The molecular weight excluding hydrogens is 200 g/mol. The molecule has 0 aliphatic heterocycles. The van der Waals surface area contributed by atoms with E-state index in [9.17, 15) is 15.2 Å². The second-order valence-electron chi connectivity index (χ2n) is 3.74. The highest BCUT2D eigenvalue weighted by Gasteiger charge is 2.25. The van der Waals surface area contributed by atoms with Gasteiger partial charge in [-0.1, -0.05) is 4.80 Å². The molecular formula is C8H12N4O3. The summed E-state index contributed by atoms with van der Waals surface area (Å²) in [5.74, 6) is -0.221. The van der Waals surface area contributed by atoms with Crippen LogP contribution in [0.4, 0.5) is 5.82 Å². The molecule has 7 heteroatoms. The second kappa shape index (κ2) is 3.93. The summed E-state index contributed by atoms with van der Waals surface area (Å²) in [6, 6.07) is 0.0853. The highest BCUT2D eigenvalue weighted by Crippen LogP contribution is 2.27. The van der Waals surface area contributed by atoms with Crippen molar-refractivity contribution in [3.63, 3.8) is 0 Å². The third-order valence-corrected chi connectivity index (χ3v) is 2.68. The van der Waals surface area contributed by atoms with E-state index < -0.39 is 4.92 Å². The van der Waals surface area contributed by atoms with E-state index in [0.29, 0.717) is 12.8 Å². The second-order valence-corrected chi connectivity index (χ2v) is 3.74. The number of hydrogen-bond acceptors (Lipinski definition) is 5. The summed E-state index contributed by atoms with van der Waals surface area (Å²) < 4.78 is 0. The Kier molecular flexibility index (Phi) is 2.63. The summed E-state index contributed by atoms with van der Waals surface area (Å²) in [7, 11) is 0. The molecule has 0 amide bonds. The van der Waals surface area contributed by atoms with E-state index in [4.69, 9.17) is 0 Å². The molecule has 0 spiro atoms. The van der Waals surface area contributed by atoms with Crippen LogP contribution in [0.25, 0.3) is 0 Å². The number of nitrogens with zero attached hydrogens (tertiary/aromatic N) is 4. The summed E-state index contributed by atoms with van der Waals surface area (Å²) in [6.45, 7) is 0. The van der Waals surface area contributed by atoms with E-state index in [-0.39, 0.29) is 18.0 Å². The van der Waals surface area contributed by atoms with E-state index in [1.807, 2.05) is 0 Å². The minimum absolute atomic E-state index is 0.0853. The molecule has 1 aliphatic rings. The van der Waals surface area contributed by atoms with Crippen LogP contribution >= 0.6 is 0 Å². The topological polar surface area (TPSA) is 94.1 Å². The molecule has 15 heavy (non-hydrogen) atoms. The van der Waals surface area contributed by atoms with Gasteiger partial charge in [0, 0.05) is 0 Å². The fourth-order valence-corrected chi connectivity index (χ4v) is 1.82. The van der Waals surface area contributed by atoms with E-state index >= 15 is 0 Å². The Bertz CT molecular complexity index is 357. The number of aliphatic hydroxyl groups excluding tert-OH is 1. The van der Waals surface area contributed by atoms with E-state index in [1.54, 1.807) is 0 Å². The third kappa shape index (κ3) is 2.12. The van der Waals surface area contributed by atoms with Crippen LogP contribution in [0.5, 0.6) is 0 Å². The zero-order valence-electron chi connectivity index (χ0n) is 8.11. The van der Waals surface area contributed by atoms with Crippen molar-refractivity contribution in [1.29, 1.82) is 0 Å². The van der Waals surface area contributed by atoms with Gasteiger partial charge in [-0.15, -0.1) is 5.10 Å². The van der Waals surface area contributed by atoms with E-state index in [0.717, 1.165) is 19.0 Å². The molecule has 1 aliphatic carbocycles. The molecule has 0 radical (unpaired) electrons. The zero-order chi connectivity index (χ0) is 10.8. The predicted molar refractivity (Wildman–Crippen MR) is 50.2 cm³/mol. The molecule has 1 aromatic heterocycles. The number of aliphatic hydroxyl groups is 1. The van der Waals surface area contributed by atoms with Gasteiger partial charge in [-0.3, -0.25) is 0 Å². The van der Waals surface area contributed by atoms with Gasteiger partial charge in [-0.2, -0.15) is 0 Å². The van der Waals surface area contributed by atoms with Gasteiger partial charge in [0.05, 0.1) is 17.2 Å². The lowest BCUT2D eigenvalue weighted by Gasteiger charge is -2.22. The monoisotopic (exact) mass is 212 g/mol. The summed E-state index contributed by atoms with van der Waals surface area (Å²) in [6.07, 6.45) is 3.87. The SMILES string of the molecule is O=[N+]([O-])c1cnn(C2CCC(O)CC2)n1. The number of hydrogen-bond donors (Lipinski definition) is 1. The van der Waals surface area contributed by atoms with Crippen molar-refractivity contribution in [2.75, 3.05) is 0 Å². The van der Waals surface area contributed by atoms with Crippen molar-refractivity contribution in [2.45, 2.75) is 37.8 Å². The van der Waals surface area contributed by atoms with Crippen LogP contribution in [-0.4, -0.2) is 31.1 Å². The Balaban J connectivity index is 2.06. The van der Waals surface area contributed by atoms with Gasteiger partial charge in [0.2, 0.25) is 0 Å². The first kappa shape index (κ1) is 10.0. The summed E-state index contributed by atoms with van der Waals surface area (Å²) in [5, 5.41) is 27.4. The van der Waals surface area contributed by atoms with Crippen LogP contribution in [0.2, 0.25) is 0 Å². The van der Waals surface area contributed by atoms with Gasteiger partial charge in [0.25, 0.3) is 0 Å². The van der Waals surface area contributed by atoms with Crippen molar-refractivity contribution in [1.82, 2.24) is 15.0 Å². The lowest BCUT2D eigenvalue weighted by atomic mass is 9.94. The minimum atomic E-state index is -0.554. The molecule has 0 saturated heterocycles. The van der Waals surface area contributed by atoms with Crippen LogP contribution in [0.1, 0.15) is 31.7 Å². The van der Waals surface area contributed by atoms with Gasteiger partial charge < -0.3 is 15.2 Å². The molecule has 1 fully saturated rings. The Labute approximate surface area is 85.9 Å². The zero-order valence-corrected chi connectivity index (χ0v) is 8.11. The van der Waals surface area contributed by atoms with Crippen molar-refractivity contribution in [3.05, 3.63) is 16.3 Å². The molecule has 7 nitrogen and oxygen atoms in total. The van der Waals surface area contributed by atoms with Gasteiger partial charge in [0.1, 0.15) is 0 Å². The molecule has 1 heterocycles. The Hall–Kier alpha value is -1.50. The third-order valence-electron chi connectivity index (χ3n) is 2.68. The van der Waals surface area contributed by atoms with Gasteiger partial charge in [-0.25, -0.2) is 0 Å². The average molecular weight is 212 g/mol. The van der Waals surface area contributed by atoms with Crippen LogP contribution in [0.3, 0.4) is 0 Å². The lowest BCUT2D eigenvalue weighted by molar-refractivity contribution is -0.389. The molecule has 0 bridgehead atoms. The normalized spacial score (nSPS) is 26.5. The molecule has 0 unspecified atom stereocenters. The van der Waals surface area contributed by atoms with Crippen LogP contribution in [0.15, 0.2) is 6.20 Å². The maximum absolute atomic E-state index is 10.4. The molecule has 0 atom stereocenters.